The van der Waals surface area contributed by atoms with Crippen LogP contribution in [-0.2, 0) is 26.1 Å². The lowest BCUT2D eigenvalue weighted by Gasteiger charge is -2.30. The Labute approximate surface area is 293 Å². The Hall–Kier alpha value is -5.03. The number of carbonyl (C=O) groups is 1. The van der Waals surface area contributed by atoms with Crippen molar-refractivity contribution in [1.29, 1.82) is 0 Å². The van der Waals surface area contributed by atoms with E-state index in [0.717, 1.165) is 53.1 Å². The number of aromatic nitrogens is 3. The number of sulfone groups is 1. The average molecular weight is 694 g/mol. The van der Waals surface area contributed by atoms with E-state index >= 15 is 0 Å². The van der Waals surface area contributed by atoms with Crippen molar-refractivity contribution in [1.82, 2.24) is 20.3 Å². The van der Waals surface area contributed by atoms with Gasteiger partial charge in [-0.3, -0.25) is 0 Å². The first-order valence-electron chi connectivity index (χ1n) is 16.9. The fourth-order valence-corrected chi connectivity index (χ4v) is 7.85. The van der Waals surface area contributed by atoms with Crippen molar-refractivity contribution in [2.75, 3.05) is 5.32 Å². The van der Waals surface area contributed by atoms with E-state index in [1.54, 1.807) is 12.4 Å². The van der Waals surface area contributed by atoms with Crippen LogP contribution in [0.15, 0.2) is 91.3 Å². The summed E-state index contributed by atoms with van der Waals surface area (Å²) in [5, 5.41) is 8.07. The predicted octanol–water partition coefficient (Wildman–Crippen LogP) is 8.16. The van der Waals surface area contributed by atoms with Crippen molar-refractivity contribution < 1.29 is 22.7 Å². The molecule has 0 spiro atoms. The van der Waals surface area contributed by atoms with Gasteiger partial charge < -0.3 is 20.1 Å². The molecule has 2 N–H and O–H groups in total. The SMILES string of the molecule is Cc1cc(CS(=O)(=O)Cc2ccccc2)c2ccccc2c1Oc1ncccc1-c1ccnc(NC2CCC(NC(=O)OC(C)(C)C)CC2)n1. The highest BCUT2D eigenvalue weighted by atomic mass is 32.2. The summed E-state index contributed by atoms with van der Waals surface area (Å²) < 4.78 is 38.5. The normalized spacial score (nSPS) is 16.5. The summed E-state index contributed by atoms with van der Waals surface area (Å²) in [6.45, 7) is 7.48. The van der Waals surface area contributed by atoms with E-state index < -0.39 is 15.4 Å². The fraction of sp³-hybridized carbons (Fsp3) is 0.333. The van der Waals surface area contributed by atoms with Crippen LogP contribution in [-0.4, -0.2) is 47.1 Å². The summed E-state index contributed by atoms with van der Waals surface area (Å²) in [6.07, 6.45) is 6.35. The zero-order chi connectivity index (χ0) is 35.3. The Morgan fingerprint density at radius 2 is 1.54 bits per heavy atom. The first-order chi connectivity index (χ1) is 23.9. The van der Waals surface area contributed by atoms with Crippen LogP contribution in [0.2, 0.25) is 0 Å². The summed E-state index contributed by atoms with van der Waals surface area (Å²) in [5.74, 6) is 1.37. The summed E-state index contributed by atoms with van der Waals surface area (Å²) >= 11 is 0. The van der Waals surface area contributed by atoms with Crippen LogP contribution in [0.4, 0.5) is 10.7 Å². The number of hydrogen-bond donors (Lipinski definition) is 2. The topological polar surface area (TPSA) is 132 Å². The van der Waals surface area contributed by atoms with Gasteiger partial charge in [0.25, 0.3) is 0 Å². The van der Waals surface area contributed by atoms with E-state index in [4.69, 9.17) is 14.5 Å². The Kier molecular flexibility index (Phi) is 10.3. The zero-order valence-corrected chi connectivity index (χ0v) is 29.7. The zero-order valence-electron chi connectivity index (χ0n) is 28.8. The van der Waals surface area contributed by atoms with Gasteiger partial charge in [0.15, 0.2) is 9.84 Å². The second-order valence-electron chi connectivity index (χ2n) is 13.8. The number of ether oxygens (including phenoxy) is 2. The molecular weight excluding hydrogens is 651 g/mol. The van der Waals surface area contributed by atoms with Gasteiger partial charge in [-0.05, 0) is 93.7 Å². The molecule has 1 aliphatic carbocycles. The molecule has 1 saturated carbocycles. The number of benzene rings is 3. The number of rotatable bonds is 10. The van der Waals surface area contributed by atoms with Gasteiger partial charge in [0.05, 0.1) is 22.8 Å². The highest BCUT2D eigenvalue weighted by molar-refractivity contribution is 7.89. The lowest BCUT2D eigenvalue weighted by molar-refractivity contribution is 0.0492. The van der Waals surface area contributed by atoms with Gasteiger partial charge in [0.1, 0.15) is 11.4 Å². The molecule has 1 fully saturated rings. The molecule has 5 aromatic rings. The molecule has 3 aromatic carbocycles. The molecule has 10 nitrogen and oxygen atoms in total. The minimum Gasteiger partial charge on any atom is -0.444 e. The predicted molar refractivity (Wildman–Crippen MR) is 196 cm³/mol. The van der Waals surface area contributed by atoms with Crippen molar-refractivity contribution in [2.24, 2.45) is 0 Å². The van der Waals surface area contributed by atoms with Gasteiger partial charge in [-0.15, -0.1) is 0 Å². The van der Waals surface area contributed by atoms with E-state index in [0.29, 0.717) is 28.8 Å². The second-order valence-corrected chi connectivity index (χ2v) is 15.9. The minimum atomic E-state index is -3.43. The van der Waals surface area contributed by atoms with Crippen molar-refractivity contribution in [3.63, 3.8) is 0 Å². The summed E-state index contributed by atoms with van der Waals surface area (Å²) in [6, 6.07) is 24.6. The lowest BCUT2D eigenvalue weighted by Crippen LogP contribution is -2.42. The molecule has 11 heteroatoms. The van der Waals surface area contributed by atoms with Crippen molar-refractivity contribution in [3.8, 4) is 22.9 Å². The quantitative estimate of drug-likeness (QED) is 0.149. The Balaban J connectivity index is 1.18. The van der Waals surface area contributed by atoms with Crippen LogP contribution in [0.3, 0.4) is 0 Å². The van der Waals surface area contributed by atoms with E-state index in [1.165, 1.54) is 0 Å². The average Bonchev–Trinajstić information content (AvgIpc) is 3.07. The van der Waals surface area contributed by atoms with Gasteiger partial charge in [0, 0.05) is 29.9 Å². The van der Waals surface area contributed by atoms with E-state index in [2.05, 4.69) is 20.6 Å². The van der Waals surface area contributed by atoms with Crippen molar-refractivity contribution in [3.05, 3.63) is 108 Å². The van der Waals surface area contributed by atoms with Gasteiger partial charge in [-0.2, -0.15) is 0 Å². The third kappa shape index (κ3) is 8.95. The molecule has 50 heavy (non-hydrogen) atoms. The third-order valence-corrected chi connectivity index (χ3v) is 10.1. The second kappa shape index (κ2) is 14.8. The molecule has 0 bridgehead atoms. The number of pyridine rings is 1. The molecular formula is C39H43N5O5S. The number of amides is 1. The maximum absolute atomic E-state index is 13.3. The van der Waals surface area contributed by atoms with Crippen LogP contribution in [0.25, 0.3) is 22.0 Å². The van der Waals surface area contributed by atoms with E-state index in [1.807, 2.05) is 107 Å². The molecule has 1 amide bonds. The molecule has 0 radical (unpaired) electrons. The van der Waals surface area contributed by atoms with Crippen LogP contribution < -0.4 is 15.4 Å². The summed E-state index contributed by atoms with van der Waals surface area (Å²) in [5.41, 5.74) is 3.10. The maximum atomic E-state index is 13.3. The van der Waals surface area contributed by atoms with Crippen molar-refractivity contribution in [2.45, 2.75) is 82.6 Å². The maximum Gasteiger partial charge on any atom is 0.407 e. The smallest absolute Gasteiger partial charge is 0.407 e. The van der Waals surface area contributed by atoms with Crippen LogP contribution in [0.1, 0.15) is 63.1 Å². The van der Waals surface area contributed by atoms with Gasteiger partial charge in [-0.1, -0.05) is 60.7 Å². The molecule has 0 saturated heterocycles. The number of carbonyl (C=O) groups excluding carboxylic acids is 1. The first-order valence-corrected chi connectivity index (χ1v) is 18.7. The van der Waals surface area contributed by atoms with Crippen LogP contribution >= 0.6 is 0 Å². The molecule has 0 unspecified atom stereocenters. The van der Waals surface area contributed by atoms with Gasteiger partial charge in [-0.25, -0.2) is 28.2 Å². The largest absolute Gasteiger partial charge is 0.444 e. The number of aryl methyl sites for hydroxylation is 1. The number of anilines is 1. The Morgan fingerprint density at radius 1 is 0.840 bits per heavy atom. The Bertz CT molecular complexity index is 2070. The van der Waals surface area contributed by atoms with Crippen LogP contribution in [0.5, 0.6) is 11.6 Å². The minimum absolute atomic E-state index is 0.0287. The number of nitrogens with zero attached hydrogens (tertiary/aromatic N) is 3. The molecule has 6 rings (SSSR count). The standard InChI is InChI=1S/C39H43N5O5S/c1-26-23-28(25-50(46,47)24-27-11-6-5-7-12-27)31-13-8-9-14-32(31)35(26)48-36-33(15-10-21-40-36)34-20-22-41-37(44-34)42-29-16-18-30(19-17-29)43-38(45)49-39(2,3)4/h5-15,20-23,29-30H,16-19,24-25H2,1-4H3,(H,43,45)(H,41,42,44). The fourth-order valence-electron chi connectivity index (χ4n) is 6.33. The molecule has 0 aliphatic heterocycles. The third-order valence-electron chi connectivity index (χ3n) is 8.55. The monoisotopic (exact) mass is 693 g/mol. The van der Waals surface area contributed by atoms with Gasteiger partial charge >= 0.3 is 6.09 Å². The number of alkyl carbamates (subject to hydrolysis) is 1. The number of fused-ring (bicyclic) bond motifs is 1. The van der Waals surface area contributed by atoms with E-state index in [9.17, 15) is 13.2 Å². The molecule has 0 atom stereocenters. The first kappa shape index (κ1) is 34.8. The van der Waals surface area contributed by atoms with Crippen molar-refractivity contribution >= 4 is 32.7 Å². The summed E-state index contributed by atoms with van der Waals surface area (Å²) in [4.78, 5) is 26.1. The number of hydrogen-bond acceptors (Lipinski definition) is 9. The molecule has 1 aliphatic rings. The molecule has 2 heterocycles. The van der Waals surface area contributed by atoms with Crippen LogP contribution in [0, 0.1) is 6.92 Å². The molecule has 260 valence electrons. The summed E-state index contributed by atoms with van der Waals surface area (Å²) in [7, 11) is -3.43. The van der Waals surface area contributed by atoms with E-state index in [-0.39, 0.29) is 29.7 Å². The Morgan fingerprint density at radius 3 is 2.28 bits per heavy atom. The highest BCUT2D eigenvalue weighted by Crippen LogP contribution is 2.38. The number of nitrogens with one attached hydrogen (secondary N) is 2. The molecule has 2 aromatic heterocycles. The lowest BCUT2D eigenvalue weighted by atomic mass is 9.91. The highest BCUT2D eigenvalue weighted by Gasteiger charge is 2.26. The van der Waals surface area contributed by atoms with Gasteiger partial charge in [0.2, 0.25) is 11.8 Å².